The summed E-state index contributed by atoms with van der Waals surface area (Å²) in [5, 5.41) is 0.730. The topological polar surface area (TPSA) is 18.5 Å². The van der Waals surface area contributed by atoms with Gasteiger partial charge >= 0.3 is 0 Å². The molecule has 1 aliphatic rings. The highest BCUT2D eigenvalue weighted by atomic mass is 79.9. The van der Waals surface area contributed by atoms with E-state index in [0.717, 1.165) is 18.2 Å². The second-order valence-corrected chi connectivity index (χ2v) is 5.04. The van der Waals surface area contributed by atoms with Crippen molar-refractivity contribution in [2.75, 3.05) is 5.33 Å². The van der Waals surface area contributed by atoms with Gasteiger partial charge in [0.2, 0.25) is 0 Å². The fraction of sp³-hybridized carbons (Fsp3) is 0.833. The first-order valence-corrected chi connectivity index (χ1v) is 6.69. The number of halogens is 1. The number of alkyl halides is 1. The lowest BCUT2D eigenvalue weighted by atomic mass is 10.2. The second-order valence-electron chi connectivity index (χ2n) is 4.40. The zero-order valence-electron chi connectivity index (χ0n) is 10.0. The molecule has 3 heteroatoms. The minimum absolute atomic E-state index is 0.129. The quantitative estimate of drug-likeness (QED) is 0.434. The van der Waals surface area contributed by atoms with Crippen molar-refractivity contribution in [1.82, 2.24) is 0 Å². The van der Waals surface area contributed by atoms with Crippen molar-refractivity contribution in [1.29, 1.82) is 0 Å². The van der Waals surface area contributed by atoms with Crippen LogP contribution in [0.4, 0.5) is 0 Å². The molecule has 0 bridgehead atoms. The van der Waals surface area contributed by atoms with Gasteiger partial charge in [-0.05, 0) is 46.1 Å². The molecule has 0 aliphatic heterocycles. The Labute approximate surface area is 101 Å². The normalized spacial score (nSPS) is 24.0. The predicted molar refractivity (Wildman–Crippen MR) is 66.3 cm³/mol. The van der Waals surface area contributed by atoms with Crippen molar-refractivity contribution in [2.45, 2.75) is 59.0 Å². The summed E-state index contributed by atoms with van der Waals surface area (Å²) in [6.45, 7) is 8.40. The first-order valence-electron chi connectivity index (χ1n) is 5.57. The largest absolute Gasteiger partial charge is 0.349 e. The van der Waals surface area contributed by atoms with Crippen molar-refractivity contribution >= 4 is 15.9 Å². The Morgan fingerprint density at radius 1 is 1.40 bits per heavy atom. The molecule has 15 heavy (non-hydrogen) atoms. The van der Waals surface area contributed by atoms with E-state index < -0.39 is 0 Å². The van der Waals surface area contributed by atoms with Crippen molar-refractivity contribution in [3.63, 3.8) is 0 Å². The van der Waals surface area contributed by atoms with Gasteiger partial charge in [0, 0.05) is 0 Å². The highest BCUT2D eigenvalue weighted by Gasteiger charge is 2.24. The van der Waals surface area contributed by atoms with Crippen LogP contribution in [0.2, 0.25) is 0 Å². The maximum absolute atomic E-state index is 5.93. The van der Waals surface area contributed by atoms with E-state index >= 15 is 0 Å². The van der Waals surface area contributed by atoms with Gasteiger partial charge in [0.05, 0.1) is 17.5 Å². The Morgan fingerprint density at radius 3 is 2.47 bits per heavy atom. The molecule has 2 unspecified atom stereocenters. The molecule has 2 atom stereocenters. The summed E-state index contributed by atoms with van der Waals surface area (Å²) in [5.41, 5.74) is 2.85. The lowest BCUT2D eigenvalue weighted by Crippen LogP contribution is -2.28. The summed E-state index contributed by atoms with van der Waals surface area (Å²) in [4.78, 5) is 0. The third-order valence-electron chi connectivity index (χ3n) is 2.80. The fourth-order valence-electron chi connectivity index (χ4n) is 1.80. The molecule has 0 aromatic carbocycles. The number of hydrogen-bond donors (Lipinski definition) is 0. The van der Waals surface area contributed by atoms with Gasteiger partial charge in [-0.25, -0.2) is 0 Å². The van der Waals surface area contributed by atoms with Crippen LogP contribution in [0.3, 0.4) is 0 Å². The van der Waals surface area contributed by atoms with E-state index in [4.69, 9.17) is 9.47 Å². The van der Waals surface area contributed by atoms with Gasteiger partial charge in [-0.2, -0.15) is 0 Å². The van der Waals surface area contributed by atoms with E-state index in [2.05, 4.69) is 29.8 Å². The SMILES string of the molecule is CC1=C(C)C(OC(CBr)OC(C)C)CC1. The third kappa shape index (κ3) is 3.89. The molecule has 0 aromatic heterocycles. The summed E-state index contributed by atoms with van der Waals surface area (Å²) >= 11 is 3.42. The van der Waals surface area contributed by atoms with Gasteiger partial charge < -0.3 is 9.47 Å². The van der Waals surface area contributed by atoms with Crippen LogP contribution in [0.25, 0.3) is 0 Å². The molecule has 0 fully saturated rings. The molecule has 0 aromatic rings. The van der Waals surface area contributed by atoms with Crippen molar-refractivity contribution in [2.24, 2.45) is 0 Å². The van der Waals surface area contributed by atoms with E-state index in [1.165, 1.54) is 11.1 Å². The van der Waals surface area contributed by atoms with Gasteiger partial charge in [-0.3, -0.25) is 0 Å². The Morgan fingerprint density at radius 2 is 2.07 bits per heavy atom. The minimum atomic E-state index is -0.129. The van der Waals surface area contributed by atoms with E-state index in [9.17, 15) is 0 Å². The molecule has 1 rings (SSSR count). The number of allylic oxidation sites excluding steroid dienone is 1. The van der Waals surface area contributed by atoms with E-state index in [0.29, 0.717) is 0 Å². The van der Waals surface area contributed by atoms with Gasteiger partial charge in [-0.1, -0.05) is 21.5 Å². The minimum Gasteiger partial charge on any atom is -0.349 e. The fourth-order valence-corrected chi connectivity index (χ4v) is 2.10. The van der Waals surface area contributed by atoms with E-state index in [-0.39, 0.29) is 18.5 Å². The third-order valence-corrected chi connectivity index (χ3v) is 3.33. The summed E-state index contributed by atoms with van der Waals surface area (Å²) in [5.74, 6) is 0. The predicted octanol–water partition coefficient (Wildman–Crippen LogP) is 3.65. The maximum atomic E-state index is 5.93. The first-order chi connectivity index (χ1) is 7.04. The Bertz CT molecular complexity index is 236. The van der Waals surface area contributed by atoms with E-state index in [1.807, 2.05) is 13.8 Å². The average molecular weight is 277 g/mol. The van der Waals surface area contributed by atoms with Gasteiger partial charge in [0.15, 0.2) is 6.29 Å². The molecule has 0 saturated heterocycles. The van der Waals surface area contributed by atoms with Crippen LogP contribution in [-0.2, 0) is 9.47 Å². The highest BCUT2D eigenvalue weighted by Crippen LogP contribution is 2.29. The smallest absolute Gasteiger partial charge is 0.168 e. The summed E-state index contributed by atoms with van der Waals surface area (Å²) in [6.07, 6.45) is 2.59. The Hall–Kier alpha value is 0.140. The summed E-state index contributed by atoms with van der Waals surface area (Å²) < 4.78 is 11.6. The number of ether oxygens (including phenoxy) is 2. The molecule has 0 N–H and O–H groups in total. The van der Waals surface area contributed by atoms with Crippen LogP contribution in [0.5, 0.6) is 0 Å². The van der Waals surface area contributed by atoms with Crippen LogP contribution >= 0.6 is 15.9 Å². The molecule has 88 valence electrons. The number of rotatable bonds is 5. The van der Waals surface area contributed by atoms with Crippen molar-refractivity contribution < 1.29 is 9.47 Å². The first kappa shape index (κ1) is 13.2. The molecule has 0 heterocycles. The molecule has 2 nitrogen and oxygen atoms in total. The zero-order valence-corrected chi connectivity index (χ0v) is 11.6. The van der Waals surface area contributed by atoms with Crippen molar-refractivity contribution in [3.05, 3.63) is 11.1 Å². The average Bonchev–Trinajstić information content (AvgIpc) is 2.48. The molecular formula is C12H21BrO2. The lowest BCUT2D eigenvalue weighted by molar-refractivity contribution is -0.165. The lowest BCUT2D eigenvalue weighted by Gasteiger charge is -2.23. The molecule has 0 saturated carbocycles. The second kappa shape index (κ2) is 6.02. The summed E-state index contributed by atoms with van der Waals surface area (Å²) in [6, 6.07) is 0. The monoisotopic (exact) mass is 276 g/mol. The number of hydrogen-bond acceptors (Lipinski definition) is 2. The van der Waals surface area contributed by atoms with Crippen LogP contribution in [0, 0.1) is 0 Å². The van der Waals surface area contributed by atoms with Gasteiger partial charge in [0.25, 0.3) is 0 Å². The zero-order chi connectivity index (χ0) is 11.4. The van der Waals surface area contributed by atoms with Crippen LogP contribution < -0.4 is 0 Å². The maximum Gasteiger partial charge on any atom is 0.168 e. The Balaban J connectivity index is 2.46. The van der Waals surface area contributed by atoms with Gasteiger partial charge in [0.1, 0.15) is 0 Å². The van der Waals surface area contributed by atoms with E-state index in [1.54, 1.807) is 0 Å². The van der Waals surface area contributed by atoms with Crippen LogP contribution in [0.1, 0.15) is 40.5 Å². The standard InChI is InChI=1S/C12H21BrO2/c1-8(2)14-12(7-13)15-11-6-5-9(3)10(11)4/h8,11-12H,5-7H2,1-4H3. The highest BCUT2D eigenvalue weighted by molar-refractivity contribution is 9.09. The molecular weight excluding hydrogens is 256 g/mol. The molecule has 0 radical (unpaired) electrons. The molecule has 1 aliphatic carbocycles. The van der Waals surface area contributed by atoms with Crippen molar-refractivity contribution in [3.8, 4) is 0 Å². The summed E-state index contributed by atoms with van der Waals surface area (Å²) in [7, 11) is 0. The van der Waals surface area contributed by atoms with Crippen LogP contribution in [-0.4, -0.2) is 23.8 Å². The molecule has 0 spiro atoms. The Kier molecular flexibility index (Phi) is 5.30. The van der Waals surface area contributed by atoms with Gasteiger partial charge in [-0.15, -0.1) is 0 Å². The molecule has 0 amide bonds. The van der Waals surface area contributed by atoms with Crippen LogP contribution in [0.15, 0.2) is 11.1 Å².